The van der Waals surface area contributed by atoms with E-state index < -0.39 is 11.6 Å². The normalized spacial score (nSPS) is 12.1. The third-order valence-electron chi connectivity index (χ3n) is 5.70. The van der Waals surface area contributed by atoms with Crippen LogP contribution in [0.5, 0.6) is 5.75 Å². The molecule has 3 rings (SSSR count). The van der Waals surface area contributed by atoms with Crippen LogP contribution in [0.25, 0.3) is 0 Å². The van der Waals surface area contributed by atoms with Crippen LogP contribution in [0.15, 0.2) is 72.8 Å². The van der Waals surface area contributed by atoms with Crippen molar-refractivity contribution in [3.63, 3.8) is 0 Å². The SMILES string of the molecule is Cc1cccc(CN(C(=O)COc2ccc(Cl)c(C)c2)C(Cc2ccccc2)C(=O)NC(C)(C)C)c1. The smallest absolute Gasteiger partial charge is 0.261 e. The molecule has 0 saturated carbocycles. The first-order valence-electron chi connectivity index (χ1n) is 12.1. The lowest BCUT2D eigenvalue weighted by Crippen LogP contribution is -2.55. The molecule has 0 aliphatic carbocycles. The Labute approximate surface area is 219 Å². The van der Waals surface area contributed by atoms with Crippen molar-refractivity contribution in [2.24, 2.45) is 0 Å². The summed E-state index contributed by atoms with van der Waals surface area (Å²) in [6, 6.07) is 22.3. The minimum atomic E-state index is -0.713. The minimum Gasteiger partial charge on any atom is -0.484 e. The Hall–Kier alpha value is -3.31. The second kappa shape index (κ2) is 12.1. The van der Waals surface area contributed by atoms with Crippen molar-refractivity contribution in [2.45, 2.75) is 59.2 Å². The molecule has 1 atom stereocenters. The van der Waals surface area contributed by atoms with Gasteiger partial charge in [-0.2, -0.15) is 0 Å². The summed E-state index contributed by atoms with van der Waals surface area (Å²) in [5, 5.41) is 3.71. The number of carbonyl (C=O) groups excluding carboxylic acids is 2. The maximum Gasteiger partial charge on any atom is 0.261 e. The van der Waals surface area contributed by atoms with Crippen LogP contribution in [-0.2, 0) is 22.6 Å². The van der Waals surface area contributed by atoms with Crippen molar-refractivity contribution in [1.82, 2.24) is 10.2 Å². The van der Waals surface area contributed by atoms with Crippen molar-refractivity contribution in [3.8, 4) is 5.75 Å². The molecule has 0 heterocycles. The molecular weight excluding hydrogens is 472 g/mol. The molecule has 0 aliphatic heterocycles. The molecule has 0 aromatic heterocycles. The monoisotopic (exact) mass is 506 g/mol. The number of benzene rings is 3. The molecule has 0 bridgehead atoms. The van der Waals surface area contributed by atoms with Crippen LogP contribution in [0.3, 0.4) is 0 Å². The summed E-state index contributed by atoms with van der Waals surface area (Å²) in [4.78, 5) is 28.8. The van der Waals surface area contributed by atoms with E-state index >= 15 is 0 Å². The Kier molecular flexibility index (Phi) is 9.16. The standard InChI is InChI=1S/C30H35ClN2O3/c1-21-10-9-13-24(16-21)19-33(28(34)20-36-25-14-15-26(31)22(2)17-25)27(29(35)32-30(3,4)5)18-23-11-7-6-8-12-23/h6-17,27H,18-20H2,1-5H3,(H,32,35). The number of aryl methyl sites for hydroxylation is 2. The Morgan fingerprint density at radius 2 is 1.64 bits per heavy atom. The van der Waals surface area contributed by atoms with Gasteiger partial charge in [-0.25, -0.2) is 0 Å². The number of rotatable bonds is 9. The number of ether oxygens (including phenoxy) is 1. The molecule has 6 heteroatoms. The molecule has 0 spiro atoms. The van der Waals surface area contributed by atoms with Crippen molar-refractivity contribution >= 4 is 23.4 Å². The van der Waals surface area contributed by atoms with E-state index in [4.69, 9.17) is 16.3 Å². The maximum absolute atomic E-state index is 13.7. The van der Waals surface area contributed by atoms with E-state index in [9.17, 15) is 9.59 Å². The van der Waals surface area contributed by atoms with E-state index in [-0.39, 0.29) is 18.4 Å². The molecule has 2 amide bonds. The number of amides is 2. The lowest BCUT2D eigenvalue weighted by molar-refractivity contribution is -0.143. The fourth-order valence-corrected chi connectivity index (χ4v) is 4.07. The number of carbonyl (C=O) groups is 2. The second-order valence-corrected chi connectivity index (χ2v) is 10.6. The zero-order valence-corrected chi connectivity index (χ0v) is 22.4. The van der Waals surface area contributed by atoms with Gasteiger partial charge in [0.15, 0.2) is 6.61 Å². The molecule has 3 aromatic rings. The predicted octanol–water partition coefficient (Wildman–Crippen LogP) is 5.89. The van der Waals surface area contributed by atoms with Crippen molar-refractivity contribution in [3.05, 3.63) is 100 Å². The van der Waals surface area contributed by atoms with Gasteiger partial charge in [0.1, 0.15) is 11.8 Å². The number of hydrogen-bond donors (Lipinski definition) is 1. The van der Waals surface area contributed by atoms with Gasteiger partial charge in [-0.15, -0.1) is 0 Å². The minimum absolute atomic E-state index is 0.193. The Bertz CT molecular complexity index is 1190. The van der Waals surface area contributed by atoms with Gasteiger partial charge in [0.05, 0.1) is 0 Å². The van der Waals surface area contributed by atoms with E-state index in [0.717, 1.165) is 22.3 Å². The third-order valence-corrected chi connectivity index (χ3v) is 6.12. The first-order chi connectivity index (χ1) is 17.0. The first kappa shape index (κ1) is 27.3. The van der Waals surface area contributed by atoms with Gasteiger partial charge in [-0.3, -0.25) is 9.59 Å². The van der Waals surface area contributed by atoms with Crippen LogP contribution in [0.1, 0.15) is 43.0 Å². The van der Waals surface area contributed by atoms with E-state index in [0.29, 0.717) is 23.7 Å². The lowest BCUT2D eigenvalue weighted by Gasteiger charge is -2.33. The van der Waals surface area contributed by atoms with Gasteiger partial charge >= 0.3 is 0 Å². The molecule has 5 nitrogen and oxygen atoms in total. The summed E-state index contributed by atoms with van der Waals surface area (Å²) in [6.45, 7) is 9.79. The second-order valence-electron chi connectivity index (χ2n) is 10.2. The van der Waals surface area contributed by atoms with Crippen LogP contribution < -0.4 is 10.1 Å². The Balaban J connectivity index is 1.93. The fourth-order valence-electron chi connectivity index (χ4n) is 3.95. The highest BCUT2D eigenvalue weighted by Gasteiger charge is 2.32. The van der Waals surface area contributed by atoms with Crippen LogP contribution in [0, 0.1) is 13.8 Å². The summed E-state index contributed by atoms with van der Waals surface area (Å²) in [7, 11) is 0. The molecule has 0 saturated heterocycles. The molecule has 1 unspecified atom stereocenters. The predicted molar refractivity (Wildman–Crippen MR) is 145 cm³/mol. The highest BCUT2D eigenvalue weighted by atomic mass is 35.5. The molecule has 0 radical (unpaired) electrons. The van der Waals surface area contributed by atoms with Crippen LogP contribution in [-0.4, -0.2) is 34.9 Å². The molecule has 0 aliphatic rings. The molecular formula is C30H35ClN2O3. The van der Waals surface area contributed by atoms with Gasteiger partial charge < -0.3 is 15.0 Å². The summed E-state index contributed by atoms with van der Waals surface area (Å²) >= 11 is 6.13. The van der Waals surface area contributed by atoms with Gasteiger partial charge in [-0.1, -0.05) is 71.8 Å². The van der Waals surface area contributed by atoms with Crippen LogP contribution >= 0.6 is 11.6 Å². The lowest BCUT2D eigenvalue weighted by atomic mass is 10.0. The number of halogens is 1. The summed E-state index contributed by atoms with van der Waals surface area (Å²) in [6.07, 6.45) is 0.389. The molecule has 1 N–H and O–H groups in total. The topological polar surface area (TPSA) is 58.6 Å². The van der Waals surface area contributed by atoms with Gasteiger partial charge in [-0.05, 0) is 69.5 Å². The first-order valence-corrected chi connectivity index (χ1v) is 12.5. The third kappa shape index (κ3) is 8.13. The summed E-state index contributed by atoms with van der Waals surface area (Å²) in [5.74, 6) is 0.0864. The number of hydrogen-bond acceptors (Lipinski definition) is 3. The molecule has 36 heavy (non-hydrogen) atoms. The zero-order chi connectivity index (χ0) is 26.3. The summed E-state index contributed by atoms with van der Waals surface area (Å²) in [5.41, 5.74) is 3.44. The van der Waals surface area contributed by atoms with Gasteiger partial charge in [0.2, 0.25) is 5.91 Å². The zero-order valence-electron chi connectivity index (χ0n) is 21.7. The van der Waals surface area contributed by atoms with Crippen LogP contribution in [0.2, 0.25) is 5.02 Å². The number of nitrogens with one attached hydrogen (secondary N) is 1. The Morgan fingerprint density at radius 1 is 0.944 bits per heavy atom. The Morgan fingerprint density at radius 3 is 2.28 bits per heavy atom. The van der Waals surface area contributed by atoms with Crippen molar-refractivity contribution < 1.29 is 14.3 Å². The van der Waals surface area contributed by atoms with Gasteiger partial charge in [0, 0.05) is 23.5 Å². The largest absolute Gasteiger partial charge is 0.484 e. The summed E-state index contributed by atoms with van der Waals surface area (Å²) < 4.78 is 5.85. The van der Waals surface area contributed by atoms with E-state index in [2.05, 4.69) is 5.32 Å². The number of nitrogens with zero attached hydrogens (tertiary/aromatic N) is 1. The van der Waals surface area contributed by atoms with E-state index in [1.165, 1.54) is 0 Å². The highest BCUT2D eigenvalue weighted by molar-refractivity contribution is 6.31. The van der Waals surface area contributed by atoms with Crippen molar-refractivity contribution in [1.29, 1.82) is 0 Å². The van der Waals surface area contributed by atoms with Gasteiger partial charge in [0.25, 0.3) is 5.91 Å². The molecule has 190 valence electrons. The molecule has 3 aromatic carbocycles. The maximum atomic E-state index is 13.7. The quantitative estimate of drug-likeness (QED) is 0.393. The van der Waals surface area contributed by atoms with E-state index in [1.807, 2.05) is 89.2 Å². The van der Waals surface area contributed by atoms with E-state index in [1.54, 1.807) is 23.1 Å². The molecule has 0 fully saturated rings. The average molecular weight is 507 g/mol. The van der Waals surface area contributed by atoms with Crippen molar-refractivity contribution in [2.75, 3.05) is 6.61 Å². The fraction of sp³-hybridized carbons (Fsp3) is 0.333. The highest BCUT2D eigenvalue weighted by Crippen LogP contribution is 2.22. The van der Waals surface area contributed by atoms with Crippen LogP contribution in [0.4, 0.5) is 0 Å². The average Bonchev–Trinajstić information content (AvgIpc) is 2.81.